The molecule has 8 rings (SSSR count). The molecule has 3 aromatic heterocycles. The minimum Gasteiger partial charge on any atom is -0.455 e. The molecule has 0 spiro atoms. The zero-order valence-electron chi connectivity index (χ0n) is 20.3. The predicted octanol–water partition coefficient (Wildman–Crippen LogP) is 9.28. The summed E-state index contributed by atoms with van der Waals surface area (Å²) >= 11 is 0. The first kappa shape index (κ1) is 20.9. The Morgan fingerprint density at radius 2 is 1.21 bits per heavy atom. The van der Waals surface area contributed by atoms with E-state index in [1.165, 1.54) is 0 Å². The van der Waals surface area contributed by atoms with E-state index in [1.54, 1.807) is 6.20 Å². The van der Waals surface area contributed by atoms with Crippen LogP contribution >= 0.6 is 0 Å². The van der Waals surface area contributed by atoms with Crippen LogP contribution < -0.4 is 0 Å². The predicted molar refractivity (Wildman–Crippen MR) is 153 cm³/mol. The van der Waals surface area contributed by atoms with Gasteiger partial charge in [0.1, 0.15) is 22.3 Å². The molecule has 38 heavy (non-hydrogen) atoms. The molecule has 178 valence electrons. The molecule has 0 aliphatic heterocycles. The van der Waals surface area contributed by atoms with Gasteiger partial charge in [-0.25, -0.2) is 9.97 Å². The quantitative estimate of drug-likeness (QED) is 0.249. The van der Waals surface area contributed by atoms with Crippen molar-refractivity contribution in [3.05, 3.63) is 121 Å². The zero-order chi connectivity index (χ0) is 25.1. The average molecular weight is 489 g/mol. The van der Waals surface area contributed by atoms with E-state index >= 15 is 0 Å². The Balaban J connectivity index is 1.26. The molecule has 3 heterocycles. The molecule has 0 atom stereocenters. The minimum absolute atomic E-state index is 0.683. The van der Waals surface area contributed by atoms with Crippen LogP contribution in [0.1, 0.15) is 0 Å². The lowest BCUT2D eigenvalue weighted by molar-refractivity contribution is 0.666. The Morgan fingerprint density at radius 1 is 0.474 bits per heavy atom. The number of aromatic nitrogens is 2. The maximum absolute atomic E-state index is 6.30. The zero-order valence-corrected chi connectivity index (χ0v) is 20.3. The molecule has 0 saturated heterocycles. The molecule has 0 aliphatic carbocycles. The summed E-state index contributed by atoms with van der Waals surface area (Å²) in [5, 5.41) is 3.24. The molecular formula is C34H20N2O2. The standard InChI is InChI=1S/C34H20N2O2/c1-2-8-21(9-3-1)34-35-20-31-32(36-34)28-19-23(16-17-30(28)37-31)22-10-6-11-24(18-22)25-13-7-14-27-26-12-4-5-15-29(26)38-33(25)27/h1-20H. The molecule has 0 radical (unpaired) electrons. The van der Waals surface area contributed by atoms with E-state index in [4.69, 9.17) is 13.8 Å². The molecule has 0 fully saturated rings. The second-order valence-corrected chi connectivity index (χ2v) is 9.45. The molecule has 0 amide bonds. The van der Waals surface area contributed by atoms with E-state index in [-0.39, 0.29) is 0 Å². The summed E-state index contributed by atoms with van der Waals surface area (Å²) in [4.78, 5) is 9.40. The van der Waals surface area contributed by atoms with Gasteiger partial charge in [-0.05, 0) is 41.0 Å². The SMILES string of the molecule is c1ccc(-c2ncc3oc4ccc(-c5cccc(-c6cccc7c6oc6ccccc67)c5)cc4c3n2)cc1. The fourth-order valence-electron chi connectivity index (χ4n) is 5.31. The number of para-hydroxylation sites is 2. The Hall–Kier alpha value is -5.22. The lowest BCUT2D eigenvalue weighted by atomic mass is 9.97. The normalized spacial score (nSPS) is 11.7. The van der Waals surface area contributed by atoms with Crippen molar-refractivity contribution >= 4 is 44.0 Å². The number of nitrogens with zero attached hydrogens (tertiary/aromatic N) is 2. The van der Waals surface area contributed by atoms with Gasteiger partial charge < -0.3 is 8.83 Å². The molecule has 5 aromatic carbocycles. The first-order valence-corrected chi connectivity index (χ1v) is 12.6. The van der Waals surface area contributed by atoms with E-state index in [0.717, 1.165) is 66.2 Å². The molecule has 0 saturated carbocycles. The van der Waals surface area contributed by atoms with Crippen molar-refractivity contribution < 1.29 is 8.83 Å². The van der Waals surface area contributed by atoms with E-state index < -0.39 is 0 Å². The van der Waals surface area contributed by atoms with Crippen LogP contribution in [-0.4, -0.2) is 9.97 Å². The first-order valence-electron chi connectivity index (χ1n) is 12.6. The number of hydrogen-bond donors (Lipinski definition) is 0. The van der Waals surface area contributed by atoms with E-state index in [0.29, 0.717) is 11.4 Å². The summed E-state index contributed by atoms with van der Waals surface area (Å²) in [5.74, 6) is 0.687. The van der Waals surface area contributed by atoms with Crippen LogP contribution in [0.5, 0.6) is 0 Å². The third-order valence-corrected chi connectivity index (χ3v) is 7.15. The number of hydrogen-bond acceptors (Lipinski definition) is 4. The van der Waals surface area contributed by atoms with Crippen molar-refractivity contribution in [2.24, 2.45) is 0 Å². The highest BCUT2D eigenvalue weighted by Crippen LogP contribution is 2.38. The van der Waals surface area contributed by atoms with E-state index in [9.17, 15) is 0 Å². The fourth-order valence-corrected chi connectivity index (χ4v) is 5.31. The van der Waals surface area contributed by atoms with Crippen molar-refractivity contribution in [3.8, 4) is 33.6 Å². The van der Waals surface area contributed by atoms with Gasteiger partial charge in [-0.3, -0.25) is 0 Å². The van der Waals surface area contributed by atoms with Crippen LogP contribution in [0.25, 0.3) is 77.6 Å². The third-order valence-electron chi connectivity index (χ3n) is 7.15. The van der Waals surface area contributed by atoms with Crippen LogP contribution in [0.4, 0.5) is 0 Å². The second kappa shape index (κ2) is 8.15. The smallest absolute Gasteiger partial charge is 0.172 e. The highest BCUT2D eigenvalue weighted by molar-refractivity contribution is 6.10. The van der Waals surface area contributed by atoms with Crippen molar-refractivity contribution in [3.63, 3.8) is 0 Å². The van der Waals surface area contributed by atoms with Gasteiger partial charge in [0.25, 0.3) is 0 Å². The summed E-state index contributed by atoms with van der Waals surface area (Å²) in [6.45, 7) is 0. The molecule has 4 heteroatoms. The molecule has 0 unspecified atom stereocenters. The van der Waals surface area contributed by atoms with Crippen LogP contribution in [-0.2, 0) is 0 Å². The molecule has 8 aromatic rings. The van der Waals surface area contributed by atoms with Gasteiger partial charge in [-0.2, -0.15) is 0 Å². The summed E-state index contributed by atoms with van der Waals surface area (Å²) in [6.07, 6.45) is 1.76. The summed E-state index contributed by atoms with van der Waals surface area (Å²) in [5.41, 5.74) is 9.49. The fraction of sp³-hybridized carbons (Fsp3) is 0. The number of furan rings is 2. The highest BCUT2D eigenvalue weighted by Gasteiger charge is 2.15. The maximum Gasteiger partial charge on any atom is 0.172 e. The maximum atomic E-state index is 6.30. The van der Waals surface area contributed by atoms with Gasteiger partial charge in [0.05, 0.1) is 6.20 Å². The van der Waals surface area contributed by atoms with E-state index in [2.05, 4.69) is 65.6 Å². The van der Waals surface area contributed by atoms with Crippen LogP contribution in [0, 0.1) is 0 Å². The largest absolute Gasteiger partial charge is 0.455 e. The van der Waals surface area contributed by atoms with Crippen molar-refractivity contribution in [1.82, 2.24) is 9.97 Å². The molecule has 4 nitrogen and oxygen atoms in total. The van der Waals surface area contributed by atoms with Crippen LogP contribution in [0.15, 0.2) is 130 Å². The van der Waals surface area contributed by atoms with Gasteiger partial charge in [0.15, 0.2) is 11.4 Å². The third kappa shape index (κ3) is 3.24. The van der Waals surface area contributed by atoms with Gasteiger partial charge in [-0.15, -0.1) is 0 Å². The van der Waals surface area contributed by atoms with Gasteiger partial charge in [0, 0.05) is 27.3 Å². The average Bonchev–Trinajstić information content (AvgIpc) is 3.55. The number of fused-ring (bicyclic) bond motifs is 6. The topological polar surface area (TPSA) is 52.1 Å². The summed E-state index contributed by atoms with van der Waals surface area (Å²) in [6, 6.07) is 39.4. The monoisotopic (exact) mass is 488 g/mol. The molecular weight excluding hydrogens is 468 g/mol. The van der Waals surface area contributed by atoms with Gasteiger partial charge in [0.2, 0.25) is 0 Å². The van der Waals surface area contributed by atoms with E-state index in [1.807, 2.05) is 54.6 Å². The Bertz CT molecular complexity index is 2140. The first-order chi connectivity index (χ1) is 18.8. The molecule has 0 N–H and O–H groups in total. The van der Waals surface area contributed by atoms with Crippen molar-refractivity contribution in [2.75, 3.05) is 0 Å². The van der Waals surface area contributed by atoms with Crippen LogP contribution in [0.3, 0.4) is 0 Å². The number of benzene rings is 5. The van der Waals surface area contributed by atoms with Gasteiger partial charge in [-0.1, -0.05) is 91.0 Å². The van der Waals surface area contributed by atoms with Crippen LogP contribution in [0.2, 0.25) is 0 Å². The Kier molecular flexibility index (Phi) is 4.49. The second-order valence-electron chi connectivity index (χ2n) is 9.45. The summed E-state index contributed by atoms with van der Waals surface area (Å²) in [7, 11) is 0. The number of rotatable bonds is 3. The Labute approximate surface area is 217 Å². The molecule has 0 aliphatic rings. The van der Waals surface area contributed by atoms with Crippen molar-refractivity contribution in [2.45, 2.75) is 0 Å². The molecule has 0 bridgehead atoms. The minimum atomic E-state index is 0.683. The van der Waals surface area contributed by atoms with Gasteiger partial charge >= 0.3 is 0 Å². The Morgan fingerprint density at radius 3 is 2.16 bits per heavy atom. The van der Waals surface area contributed by atoms with Crippen molar-refractivity contribution in [1.29, 1.82) is 0 Å². The summed E-state index contributed by atoms with van der Waals surface area (Å²) < 4.78 is 12.4. The lowest BCUT2D eigenvalue weighted by Gasteiger charge is -2.07. The highest BCUT2D eigenvalue weighted by atomic mass is 16.3. The lowest BCUT2D eigenvalue weighted by Crippen LogP contribution is -1.88.